The summed E-state index contributed by atoms with van der Waals surface area (Å²) in [6, 6.07) is 0. The predicted molar refractivity (Wildman–Crippen MR) is 96.9 cm³/mol. The quantitative estimate of drug-likeness (QED) is 0.277. The standard InChI is InChI=1S/C17H30N5O4/c1-14(23)17(2,3)9-6-7-10-19-22(4,5)15(24)8-12-20-13-11-18-16(20)21(25)26/h11,13,19H,6-10,12H2,1-5H3/q+1. The average molecular weight is 368 g/mol. The molecule has 0 aromatic carbocycles. The predicted octanol–water partition coefficient (Wildman–Crippen LogP) is 2.07. The van der Waals surface area contributed by atoms with Crippen LogP contribution in [0, 0.1) is 15.5 Å². The summed E-state index contributed by atoms with van der Waals surface area (Å²) in [5.74, 6) is -0.147. The minimum atomic E-state index is -0.564. The Kier molecular flexibility index (Phi) is 7.58. The SMILES string of the molecule is CC(=O)C(C)(C)CCCCN[N+](C)(C)C(=O)CCn1ccnc1[N+](=O)[O-]. The van der Waals surface area contributed by atoms with Gasteiger partial charge in [0.15, 0.2) is 0 Å². The monoisotopic (exact) mass is 368 g/mol. The van der Waals surface area contributed by atoms with Crippen LogP contribution < -0.4 is 5.43 Å². The van der Waals surface area contributed by atoms with Crippen LogP contribution in [0.2, 0.25) is 0 Å². The number of nitrogens with one attached hydrogen (secondary N) is 1. The molecule has 1 aromatic heterocycles. The summed E-state index contributed by atoms with van der Waals surface area (Å²) in [5, 5.41) is 10.8. The van der Waals surface area contributed by atoms with Gasteiger partial charge >= 0.3 is 11.9 Å². The number of hydrogen-bond acceptors (Lipinski definition) is 6. The number of Topliss-reactive ketones (excluding diaryl/α,β-unsaturated/α-hetero) is 1. The van der Waals surface area contributed by atoms with Gasteiger partial charge < -0.3 is 10.1 Å². The average Bonchev–Trinajstić information content (AvgIpc) is 3.00. The number of hydrogen-bond donors (Lipinski definition) is 1. The molecule has 0 saturated carbocycles. The number of imidazole rings is 1. The van der Waals surface area contributed by atoms with Crippen molar-refractivity contribution in [2.24, 2.45) is 5.41 Å². The second kappa shape index (κ2) is 9.00. The maximum atomic E-state index is 12.4. The van der Waals surface area contributed by atoms with Gasteiger partial charge in [0.1, 0.15) is 18.2 Å². The molecule has 0 saturated heterocycles. The highest BCUT2D eigenvalue weighted by Gasteiger charge is 2.28. The highest BCUT2D eigenvalue weighted by atomic mass is 16.6. The maximum Gasteiger partial charge on any atom is 0.434 e. The third kappa shape index (κ3) is 6.30. The lowest BCUT2D eigenvalue weighted by Crippen LogP contribution is -2.56. The Morgan fingerprint density at radius 3 is 2.58 bits per heavy atom. The van der Waals surface area contributed by atoms with Crippen LogP contribution in [-0.2, 0) is 16.1 Å². The third-order valence-corrected chi connectivity index (χ3v) is 4.74. The largest absolute Gasteiger partial charge is 0.434 e. The molecule has 0 fully saturated rings. The van der Waals surface area contributed by atoms with Crippen molar-refractivity contribution in [3.63, 3.8) is 0 Å². The number of nitrogens with zero attached hydrogens (tertiary/aromatic N) is 4. The van der Waals surface area contributed by atoms with E-state index >= 15 is 0 Å². The molecule has 1 aromatic rings. The van der Waals surface area contributed by atoms with Gasteiger partial charge in [-0.2, -0.15) is 10.0 Å². The third-order valence-electron chi connectivity index (χ3n) is 4.74. The second-order valence-electron chi connectivity index (χ2n) is 7.58. The zero-order chi connectivity index (χ0) is 20.0. The first-order valence-corrected chi connectivity index (χ1v) is 8.76. The Balaban J connectivity index is 2.40. The molecule has 26 heavy (non-hydrogen) atoms. The normalized spacial score (nSPS) is 12.2. The highest BCUT2D eigenvalue weighted by molar-refractivity contribution is 5.81. The van der Waals surface area contributed by atoms with Gasteiger partial charge in [-0.3, -0.25) is 4.79 Å². The fourth-order valence-electron chi connectivity index (χ4n) is 2.46. The molecule has 0 aliphatic carbocycles. The van der Waals surface area contributed by atoms with Gasteiger partial charge in [-0.05, 0) is 24.7 Å². The van der Waals surface area contributed by atoms with Gasteiger partial charge in [0.2, 0.25) is 0 Å². The van der Waals surface area contributed by atoms with Crippen molar-refractivity contribution in [2.75, 3.05) is 20.6 Å². The molecule has 1 heterocycles. The van der Waals surface area contributed by atoms with Crippen LogP contribution >= 0.6 is 0 Å². The highest BCUT2D eigenvalue weighted by Crippen LogP contribution is 2.23. The van der Waals surface area contributed by atoms with Crippen molar-refractivity contribution in [3.05, 3.63) is 22.5 Å². The number of unbranched alkanes of at least 4 members (excludes halogenated alkanes) is 1. The molecule has 1 rings (SSSR count). The number of quaternary nitrogens is 1. The fourth-order valence-corrected chi connectivity index (χ4v) is 2.46. The summed E-state index contributed by atoms with van der Waals surface area (Å²) in [7, 11) is 3.51. The molecule has 0 radical (unpaired) electrons. The zero-order valence-electron chi connectivity index (χ0n) is 16.3. The van der Waals surface area contributed by atoms with E-state index in [-0.39, 0.29) is 40.6 Å². The Hall–Kier alpha value is -2.13. The number of carbonyl (C=O) groups excluding carboxylic acids is 2. The Morgan fingerprint density at radius 2 is 2.00 bits per heavy atom. The Labute approximate surface area is 154 Å². The molecule has 1 amide bonds. The van der Waals surface area contributed by atoms with Crippen LogP contribution in [0.25, 0.3) is 0 Å². The molecule has 9 heteroatoms. The van der Waals surface area contributed by atoms with Gasteiger partial charge in [-0.15, -0.1) is 0 Å². The number of carbonyl (C=O) groups is 2. The lowest BCUT2D eigenvalue weighted by Gasteiger charge is -2.27. The minimum absolute atomic E-state index is 0.00139. The summed E-state index contributed by atoms with van der Waals surface area (Å²) in [6.45, 7) is 6.37. The number of rotatable bonds is 11. The van der Waals surface area contributed by atoms with E-state index in [9.17, 15) is 19.7 Å². The van der Waals surface area contributed by atoms with Gasteiger partial charge in [0.25, 0.3) is 0 Å². The summed E-state index contributed by atoms with van der Waals surface area (Å²) < 4.78 is 1.36. The molecular formula is C17H30N5O4+. The van der Waals surface area contributed by atoms with E-state index in [4.69, 9.17) is 0 Å². The topological polar surface area (TPSA) is 107 Å². The Morgan fingerprint density at radius 1 is 1.35 bits per heavy atom. The molecule has 0 bridgehead atoms. The lowest BCUT2D eigenvalue weighted by atomic mass is 9.83. The number of nitro groups is 1. The van der Waals surface area contributed by atoms with Crippen molar-refractivity contribution in [3.8, 4) is 0 Å². The molecule has 0 spiro atoms. The van der Waals surface area contributed by atoms with Crippen LogP contribution in [0.3, 0.4) is 0 Å². The number of ketones is 1. The van der Waals surface area contributed by atoms with E-state index in [2.05, 4.69) is 10.4 Å². The van der Waals surface area contributed by atoms with E-state index in [1.54, 1.807) is 21.0 Å². The maximum absolute atomic E-state index is 12.4. The van der Waals surface area contributed by atoms with Crippen LogP contribution in [0.15, 0.2) is 12.4 Å². The van der Waals surface area contributed by atoms with Crippen LogP contribution in [0.1, 0.15) is 46.5 Å². The van der Waals surface area contributed by atoms with Crippen molar-refractivity contribution < 1.29 is 19.1 Å². The molecule has 0 aliphatic rings. The number of aromatic nitrogens is 2. The van der Waals surface area contributed by atoms with Crippen LogP contribution in [0.4, 0.5) is 5.95 Å². The summed E-state index contributed by atoms with van der Waals surface area (Å²) in [5.41, 5.74) is 2.88. The molecule has 0 atom stereocenters. The number of aryl methyl sites for hydroxylation is 1. The first-order valence-electron chi connectivity index (χ1n) is 8.76. The van der Waals surface area contributed by atoms with Crippen LogP contribution in [0.5, 0.6) is 0 Å². The first-order chi connectivity index (χ1) is 12.0. The van der Waals surface area contributed by atoms with Crippen molar-refractivity contribution in [1.82, 2.24) is 15.0 Å². The van der Waals surface area contributed by atoms with E-state index in [0.29, 0.717) is 6.54 Å². The second-order valence-corrected chi connectivity index (χ2v) is 7.58. The van der Waals surface area contributed by atoms with Gasteiger partial charge in [-0.25, -0.2) is 9.36 Å². The van der Waals surface area contributed by atoms with E-state index in [1.165, 1.54) is 17.0 Å². The first kappa shape index (κ1) is 21.9. The molecule has 0 unspecified atom stereocenters. The molecule has 0 aliphatic heterocycles. The molecule has 1 N–H and O–H groups in total. The van der Waals surface area contributed by atoms with Gasteiger partial charge in [-0.1, -0.05) is 25.3 Å². The zero-order valence-corrected chi connectivity index (χ0v) is 16.3. The summed E-state index contributed by atoms with van der Waals surface area (Å²) in [6.07, 6.45) is 5.58. The minimum Gasteiger partial charge on any atom is -0.390 e. The summed E-state index contributed by atoms with van der Waals surface area (Å²) in [4.78, 5) is 37.9. The lowest BCUT2D eigenvalue weighted by molar-refractivity contribution is -0.860. The molecule has 146 valence electrons. The van der Waals surface area contributed by atoms with Crippen molar-refractivity contribution in [2.45, 2.75) is 53.0 Å². The van der Waals surface area contributed by atoms with E-state index in [0.717, 1.165) is 19.3 Å². The Bertz CT molecular complexity index is 651. The fraction of sp³-hybridized carbons (Fsp3) is 0.706. The number of amides is 1. The van der Waals surface area contributed by atoms with E-state index in [1.807, 2.05) is 13.8 Å². The van der Waals surface area contributed by atoms with Crippen molar-refractivity contribution in [1.29, 1.82) is 0 Å². The van der Waals surface area contributed by atoms with Crippen molar-refractivity contribution >= 4 is 17.6 Å². The van der Waals surface area contributed by atoms with Gasteiger partial charge in [0.05, 0.1) is 27.1 Å². The smallest absolute Gasteiger partial charge is 0.390 e. The van der Waals surface area contributed by atoms with Gasteiger partial charge in [0, 0.05) is 12.0 Å². The molecular weight excluding hydrogens is 338 g/mol. The molecule has 9 nitrogen and oxygen atoms in total. The van der Waals surface area contributed by atoms with E-state index < -0.39 is 4.92 Å². The summed E-state index contributed by atoms with van der Waals surface area (Å²) >= 11 is 0. The van der Waals surface area contributed by atoms with Crippen LogP contribution in [-0.4, -0.2) is 51.4 Å².